The molecule has 0 saturated heterocycles. The van der Waals surface area contributed by atoms with Crippen LogP contribution in [0.3, 0.4) is 0 Å². The zero-order valence-corrected chi connectivity index (χ0v) is 23.5. The Morgan fingerprint density at radius 3 is 2.29 bits per heavy atom. The maximum atomic E-state index is 13.9. The number of allylic oxidation sites excluding steroid dienone is 1. The van der Waals surface area contributed by atoms with E-state index in [-0.39, 0.29) is 11.5 Å². The third-order valence-corrected chi connectivity index (χ3v) is 8.14. The fraction of sp³-hybridized carbons (Fsp3) is 0.207. The number of fused-ring (bicyclic) bond motifs is 1. The van der Waals surface area contributed by atoms with Gasteiger partial charge in [0.2, 0.25) is 0 Å². The highest BCUT2D eigenvalue weighted by atomic mass is 35.5. The molecule has 0 unspecified atom stereocenters. The minimum absolute atomic E-state index is 0.123. The van der Waals surface area contributed by atoms with Gasteiger partial charge in [0, 0.05) is 40.7 Å². The summed E-state index contributed by atoms with van der Waals surface area (Å²) in [6, 6.07) is 18.1. The van der Waals surface area contributed by atoms with Crippen molar-refractivity contribution in [3.63, 3.8) is 0 Å². The predicted molar refractivity (Wildman–Crippen MR) is 154 cm³/mol. The Labute approximate surface area is 234 Å². The molecule has 6 nitrogen and oxygen atoms in total. The molecule has 1 aliphatic rings. The lowest BCUT2D eigenvalue weighted by Crippen LogP contribution is -2.43. The Bertz CT molecular complexity index is 1710. The molecule has 2 aromatic heterocycles. The maximum Gasteiger partial charge on any atom is 0.271 e. The third-order valence-electron chi connectivity index (χ3n) is 6.65. The molecule has 0 fully saturated rings. The monoisotopic (exact) mass is 564 g/mol. The van der Waals surface area contributed by atoms with Crippen LogP contribution in [0.1, 0.15) is 38.1 Å². The Morgan fingerprint density at radius 1 is 1.03 bits per heavy atom. The fourth-order valence-corrected chi connectivity index (χ4v) is 6.00. The lowest BCUT2D eigenvalue weighted by Gasteiger charge is -2.29. The molecule has 1 amide bonds. The molecule has 2 aromatic carbocycles. The normalized spacial score (nSPS) is 15.4. The van der Waals surface area contributed by atoms with Crippen molar-refractivity contribution < 1.29 is 4.79 Å². The van der Waals surface area contributed by atoms with Crippen molar-refractivity contribution in [1.29, 1.82) is 0 Å². The van der Waals surface area contributed by atoms with Gasteiger partial charge in [-0.2, -0.15) is 0 Å². The van der Waals surface area contributed by atoms with Crippen molar-refractivity contribution in [2.45, 2.75) is 26.8 Å². The number of benzene rings is 2. The number of carbonyl (C=O) groups is 1. The summed E-state index contributed by atoms with van der Waals surface area (Å²) >= 11 is 13.6. The summed E-state index contributed by atoms with van der Waals surface area (Å²) in [5, 5.41) is 1.24. The van der Waals surface area contributed by atoms with Crippen molar-refractivity contribution in [3.05, 3.63) is 119 Å². The summed E-state index contributed by atoms with van der Waals surface area (Å²) in [7, 11) is 0. The Morgan fingerprint density at radius 2 is 1.66 bits per heavy atom. The Kier molecular flexibility index (Phi) is 7.43. The minimum atomic E-state index is -0.609. The number of hydrogen-bond donors (Lipinski definition) is 0. The zero-order chi connectivity index (χ0) is 27.0. The molecular formula is C29H26Cl2N4O2S. The van der Waals surface area contributed by atoms with Crippen molar-refractivity contribution >= 4 is 46.5 Å². The van der Waals surface area contributed by atoms with Crippen molar-refractivity contribution in [3.8, 4) is 5.69 Å². The van der Waals surface area contributed by atoms with E-state index in [1.54, 1.807) is 21.6 Å². The van der Waals surface area contributed by atoms with Gasteiger partial charge >= 0.3 is 0 Å². The number of thiazole rings is 1. The molecule has 0 aliphatic carbocycles. The van der Waals surface area contributed by atoms with Crippen LogP contribution in [0.2, 0.25) is 10.0 Å². The third kappa shape index (κ3) is 4.77. The van der Waals surface area contributed by atoms with Gasteiger partial charge in [-0.05, 0) is 80.9 Å². The van der Waals surface area contributed by atoms with Crippen LogP contribution >= 0.6 is 34.5 Å². The second-order valence-corrected chi connectivity index (χ2v) is 10.8. The van der Waals surface area contributed by atoms with Gasteiger partial charge in [0.05, 0.1) is 21.8 Å². The van der Waals surface area contributed by atoms with Gasteiger partial charge < -0.3 is 9.47 Å². The molecule has 0 saturated carbocycles. The summed E-state index contributed by atoms with van der Waals surface area (Å²) in [5.41, 5.74) is 3.49. The molecule has 5 rings (SSSR count). The predicted octanol–water partition coefficient (Wildman–Crippen LogP) is 5.20. The molecule has 0 spiro atoms. The second-order valence-electron chi connectivity index (χ2n) is 8.89. The van der Waals surface area contributed by atoms with E-state index in [2.05, 4.69) is 0 Å². The minimum Gasteiger partial charge on any atom is -0.339 e. The van der Waals surface area contributed by atoms with Gasteiger partial charge in [0.1, 0.15) is 0 Å². The molecule has 1 atom stereocenters. The number of aromatic nitrogens is 2. The molecule has 0 bridgehead atoms. The van der Waals surface area contributed by atoms with E-state index in [1.165, 1.54) is 11.3 Å². The van der Waals surface area contributed by atoms with E-state index in [4.69, 9.17) is 28.2 Å². The second kappa shape index (κ2) is 10.8. The van der Waals surface area contributed by atoms with Crippen molar-refractivity contribution in [2.75, 3.05) is 13.1 Å². The van der Waals surface area contributed by atoms with E-state index in [0.717, 1.165) is 16.9 Å². The van der Waals surface area contributed by atoms with Crippen molar-refractivity contribution in [2.24, 2.45) is 4.99 Å². The number of amides is 1. The Hall–Kier alpha value is -3.39. The number of halogens is 2. The summed E-state index contributed by atoms with van der Waals surface area (Å²) in [4.78, 5) is 34.7. The van der Waals surface area contributed by atoms with Gasteiger partial charge in [0.15, 0.2) is 4.80 Å². The highest BCUT2D eigenvalue weighted by Crippen LogP contribution is 2.31. The van der Waals surface area contributed by atoms with Crippen molar-refractivity contribution in [1.82, 2.24) is 14.0 Å². The van der Waals surface area contributed by atoms with Gasteiger partial charge in [0.25, 0.3) is 11.5 Å². The fourth-order valence-electron chi connectivity index (χ4n) is 4.72. The quantitative estimate of drug-likeness (QED) is 0.323. The largest absolute Gasteiger partial charge is 0.339 e. The number of hydrogen-bond acceptors (Lipinski definition) is 4. The van der Waals surface area contributed by atoms with Gasteiger partial charge in [-0.3, -0.25) is 14.2 Å². The summed E-state index contributed by atoms with van der Waals surface area (Å²) in [5.74, 6) is -0.123. The molecule has 9 heteroatoms. The standard InChI is InChI=1S/C29H26Cl2N4O2S/c1-4-33(5-2)28(37)25-18(3)32-29-35(26(25)19-8-10-20(30)11-9-19)27(36)24(38-29)17-23-7-6-16-34(23)22-14-12-21(31)13-15-22/h6-17,26H,4-5H2,1-3H3/b24-17+/t26-/m1/s1. The average molecular weight is 566 g/mol. The van der Waals surface area contributed by atoms with Gasteiger partial charge in [-0.15, -0.1) is 0 Å². The van der Waals surface area contributed by atoms with E-state index < -0.39 is 6.04 Å². The molecule has 38 heavy (non-hydrogen) atoms. The lowest BCUT2D eigenvalue weighted by atomic mass is 9.94. The zero-order valence-electron chi connectivity index (χ0n) is 21.2. The average Bonchev–Trinajstić information content (AvgIpc) is 3.49. The van der Waals surface area contributed by atoms with E-state index in [1.807, 2.05) is 86.1 Å². The first kappa shape index (κ1) is 26.2. The van der Waals surface area contributed by atoms with Crippen LogP contribution in [0.4, 0.5) is 0 Å². The molecule has 0 N–H and O–H groups in total. The number of carbonyl (C=O) groups excluding carboxylic acids is 1. The van der Waals surface area contributed by atoms with E-state index >= 15 is 0 Å². The van der Waals surface area contributed by atoms with E-state index in [9.17, 15) is 9.59 Å². The number of nitrogens with zero attached hydrogens (tertiary/aromatic N) is 4. The molecular weight excluding hydrogens is 539 g/mol. The number of rotatable bonds is 6. The van der Waals surface area contributed by atoms with Crippen LogP contribution < -0.4 is 14.9 Å². The molecule has 3 heterocycles. The summed E-state index contributed by atoms with van der Waals surface area (Å²) in [6.07, 6.45) is 3.80. The van der Waals surface area contributed by atoms with Crippen LogP contribution in [0, 0.1) is 0 Å². The van der Waals surface area contributed by atoms with Crippen LogP contribution in [-0.2, 0) is 4.79 Å². The molecule has 0 radical (unpaired) electrons. The summed E-state index contributed by atoms with van der Waals surface area (Å²) in [6.45, 7) is 6.85. The first-order valence-electron chi connectivity index (χ1n) is 12.3. The number of likely N-dealkylation sites (N-methyl/N-ethyl adjacent to an activating group) is 1. The molecule has 4 aromatic rings. The summed E-state index contributed by atoms with van der Waals surface area (Å²) < 4.78 is 4.16. The van der Waals surface area contributed by atoms with Crippen LogP contribution in [0.25, 0.3) is 11.8 Å². The highest BCUT2D eigenvalue weighted by molar-refractivity contribution is 7.07. The van der Waals surface area contributed by atoms with Crippen LogP contribution in [0.5, 0.6) is 0 Å². The topological polar surface area (TPSA) is 59.6 Å². The molecule has 194 valence electrons. The maximum absolute atomic E-state index is 13.9. The van der Waals surface area contributed by atoms with Crippen LogP contribution in [0.15, 0.2) is 87.9 Å². The lowest BCUT2D eigenvalue weighted by molar-refractivity contribution is -0.127. The van der Waals surface area contributed by atoms with Gasteiger partial charge in [-0.1, -0.05) is 46.7 Å². The molecule has 1 aliphatic heterocycles. The van der Waals surface area contributed by atoms with E-state index in [0.29, 0.717) is 43.7 Å². The smallest absolute Gasteiger partial charge is 0.271 e. The highest BCUT2D eigenvalue weighted by Gasteiger charge is 2.34. The Balaban J connectivity index is 1.69. The SMILES string of the molecule is CCN(CC)C(=O)C1=C(C)N=c2s/c(=C/c3cccn3-c3ccc(Cl)cc3)c(=O)n2[C@@H]1c1ccc(Cl)cc1. The van der Waals surface area contributed by atoms with Gasteiger partial charge in [-0.25, -0.2) is 4.99 Å². The first-order chi connectivity index (χ1) is 18.3. The van der Waals surface area contributed by atoms with Crippen LogP contribution in [-0.4, -0.2) is 33.0 Å². The first-order valence-corrected chi connectivity index (χ1v) is 13.9.